The van der Waals surface area contributed by atoms with Gasteiger partial charge in [0.05, 0.1) is 32.9 Å². The molecule has 1 amide bonds. The molecule has 3 rings (SSSR count). The molecule has 4 N–H and O–H groups in total. The van der Waals surface area contributed by atoms with Crippen molar-refractivity contribution < 1.29 is 17.6 Å². The molecule has 0 aliphatic rings. The first-order valence-corrected chi connectivity index (χ1v) is 10.4. The molecule has 0 bridgehead atoms. The van der Waals surface area contributed by atoms with Crippen molar-refractivity contribution in [1.82, 2.24) is 9.97 Å². The number of thiophene rings is 1. The van der Waals surface area contributed by atoms with Gasteiger partial charge in [-0.15, -0.1) is 11.3 Å². The summed E-state index contributed by atoms with van der Waals surface area (Å²) in [6, 6.07) is 4.06. The van der Waals surface area contributed by atoms with Crippen molar-refractivity contribution in [2.24, 2.45) is 0 Å². The van der Waals surface area contributed by atoms with Crippen molar-refractivity contribution in [3.05, 3.63) is 41.3 Å². The Balaban J connectivity index is 1.88. The summed E-state index contributed by atoms with van der Waals surface area (Å²) in [6.45, 7) is 1.70. The van der Waals surface area contributed by atoms with E-state index in [0.29, 0.717) is 16.6 Å². The van der Waals surface area contributed by atoms with Crippen LogP contribution in [0.4, 0.5) is 21.6 Å². The smallest absolute Gasteiger partial charge is 0.258 e. The van der Waals surface area contributed by atoms with Crippen molar-refractivity contribution in [3.8, 4) is 0 Å². The van der Waals surface area contributed by atoms with Crippen LogP contribution in [-0.4, -0.2) is 30.0 Å². The molecule has 0 aliphatic heterocycles. The molecule has 142 valence electrons. The van der Waals surface area contributed by atoms with Crippen LogP contribution in [-0.2, 0) is 10.0 Å². The molecule has 11 heteroatoms. The molecule has 0 fully saturated rings. The van der Waals surface area contributed by atoms with Crippen molar-refractivity contribution in [3.63, 3.8) is 0 Å². The van der Waals surface area contributed by atoms with E-state index in [2.05, 4.69) is 20.0 Å². The number of sulfonamides is 1. The van der Waals surface area contributed by atoms with Crippen LogP contribution in [0.3, 0.4) is 0 Å². The van der Waals surface area contributed by atoms with Crippen LogP contribution >= 0.6 is 11.3 Å². The molecule has 2 heterocycles. The van der Waals surface area contributed by atoms with Crippen LogP contribution in [0, 0.1) is 5.82 Å². The zero-order valence-corrected chi connectivity index (χ0v) is 15.8. The summed E-state index contributed by atoms with van der Waals surface area (Å²) in [5.41, 5.74) is 5.95. The maximum Gasteiger partial charge on any atom is 0.258 e. The Kier molecular flexibility index (Phi) is 5.24. The van der Waals surface area contributed by atoms with Gasteiger partial charge < -0.3 is 11.1 Å². The monoisotopic (exact) mass is 409 g/mol. The molecule has 2 aromatic heterocycles. The first-order chi connectivity index (χ1) is 12.8. The number of rotatable bonds is 6. The number of halogens is 1. The van der Waals surface area contributed by atoms with E-state index in [-0.39, 0.29) is 28.5 Å². The summed E-state index contributed by atoms with van der Waals surface area (Å²) < 4.78 is 41.1. The topological polar surface area (TPSA) is 127 Å². The number of amides is 1. The average Bonchev–Trinajstić information content (AvgIpc) is 3.04. The van der Waals surface area contributed by atoms with Gasteiger partial charge in [0.1, 0.15) is 12.1 Å². The van der Waals surface area contributed by atoms with Crippen molar-refractivity contribution in [2.75, 3.05) is 21.5 Å². The predicted octanol–water partition coefficient (Wildman–Crippen LogP) is 2.82. The number of nitrogens with zero attached hydrogens (tertiary/aromatic N) is 2. The third-order valence-corrected chi connectivity index (χ3v) is 6.08. The van der Waals surface area contributed by atoms with Gasteiger partial charge in [0, 0.05) is 5.38 Å². The lowest BCUT2D eigenvalue weighted by molar-refractivity contribution is 0.102. The average molecular weight is 409 g/mol. The lowest BCUT2D eigenvalue weighted by Crippen LogP contribution is -2.18. The third kappa shape index (κ3) is 3.98. The third-order valence-electron chi connectivity index (χ3n) is 3.61. The molecule has 3 aromatic rings. The van der Waals surface area contributed by atoms with Crippen molar-refractivity contribution >= 4 is 54.7 Å². The number of hydrogen-bond acceptors (Lipinski definition) is 7. The first-order valence-electron chi connectivity index (χ1n) is 7.90. The Morgan fingerprint density at radius 2 is 2.04 bits per heavy atom. The number of anilines is 3. The molecule has 0 spiro atoms. The van der Waals surface area contributed by atoms with Crippen LogP contribution in [0.2, 0.25) is 0 Å². The van der Waals surface area contributed by atoms with Gasteiger partial charge in [0.2, 0.25) is 10.0 Å². The number of carbonyl (C=O) groups excluding carboxylic acids is 1. The predicted molar refractivity (Wildman–Crippen MR) is 104 cm³/mol. The van der Waals surface area contributed by atoms with Gasteiger partial charge in [-0.1, -0.05) is 13.0 Å². The fraction of sp³-hybridized carbons (Fsp3) is 0.188. The molecule has 8 nitrogen and oxygen atoms in total. The number of carbonyl (C=O) groups is 1. The normalized spacial score (nSPS) is 11.5. The van der Waals surface area contributed by atoms with E-state index in [4.69, 9.17) is 5.73 Å². The van der Waals surface area contributed by atoms with Gasteiger partial charge in [-0.3, -0.25) is 9.52 Å². The molecular weight excluding hydrogens is 393 g/mol. The second-order valence-corrected chi connectivity index (χ2v) is 8.35. The molecule has 0 saturated heterocycles. The summed E-state index contributed by atoms with van der Waals surface area (Å²) >= 11 is 1.20. The lowest BCUT2D eigenvalue weighted by atomic mass is 10.2. The number of fused-ring (bicyclic) bond motifs is 1. The lowest BCUT2D eigenvalue weighted by Gasteiger charge is -2.11. The number of hydrogen-bond donors (Lipinski definition) is 3. The maximum atomic E-state index is 14.6. The van der Waals surface area contributed by atoms with E-state index >= 15 is 0 Å². The molecule has 0 atom stereocenters. The van der Waals surface area contributed by atoms with E-state index in [1.165, 1.54) is 35.9 Å². The van der Waals surface area contributed by atoms with Crippen LogP contribution in [0.25, 0.3) is 10.2 Å². The minimum Gasteiger partial charge on any atom is -0.382 e. The number of benzene rings is 1. The summed E-state index contributed by atoms with van der Waals surface area (Å²) in [4.78, 5) is 20.4. The Morgan fingerprint density at radius 1 is 1.30 bits per heavy atom. The molecule has 0 radical (unpaired) electrons. The van der Waals surface area contributed by atoms with Crippen LogP contribution < -0.4 is 15.8 Å². The second-order valence-electron chi connectivity index (χ2n) is 5.63. The first kappa shape index (κ1) is 19.0. The highest BCUT2D eigenvalue weighted by Gasteiger charge is 2.19. The van der Waals surface area contributed by atoms with E-state index in [9.17, 15) is 17.6 Å². The van der Waals surface area contributed by atoms with Gasteiger partial charge in [0.25, 0.3) is 5.91 Å². The Morgan fingerprint density at radius 3 is 2.78 bits per heavy atom. The molecule has 1 aromatic carbocycles. The molecular formula is C16H16FN5O3S2. The number of nitrogen functional groups attached to an aromatic ring is 1. The number of nitrogens with two attached hydrogens (primary N) is 1. The van der Waals surface area contributed by atoms with Crippen molar-refractivity contribution in [1.29, 1.82) is 0 Å². The van der Waals surface area contributed by atoms with E-state index in [1.54, 1.807) is 12.3 Å². The largest absolute Gasteiger partial charge is 0.382 e. The molecule has 27 heavy (non-hydrogen) atoms. The van der Waals surface area contributed by atoms with Gasteiger partial charge in [-0.2, -0.15) is 0 Å². The van der Waals surface area contributed by atoms with Gasteiger partial charge in [-0.25, -0.2) is 22.8 Å². The van der Waals surface area contributed by atoms with E-state index < -0.39 is 21.7 Å². The Bertz CT molecular complexity index is 1110. The second kappa shape index (κ2) is 7.45. The van der Waals surface area contributed by atoms with Crippen LogP contribution in [0.5, 0.6) is 0 Å². The van der Waals surface area contributed by atoms with E-state index in [0.717, 1.165) is 0 Å². The van der Waals surface area contributed by atoms with Gasteiger partial charge in [-0.05, 0) is 18.6 Å². The highest BCUT2D eigenvalue weighted by Crippen LogP contribution is 2.29. The SMILES string of the molecule is CCCS(=O)(=O)Nc1cccc(NC(=O)c2csc3c(N)ncnc23)c1F. The van der Waals surface area contributed by atoms with E-state index in [1.807, 2.05) is 0 Å². The standard InChI is InChI=1S/C16H16FN5O3S2/c1-2-6-27(24,25)22-11-5-3-4-10(12(11)17)21-16(23)9-7-26-14-13(9)19-8-20-15(14)18/h3-5,7-8,22H,2,6H2,1H3,(H,21,23)(H2,18,19,20). The molecule has 0 saturated carbocycles. The zero-order valence-electron chi connectivity index (χ0n) is 14.2. The Labute approximate surface area is 158 Å². The quantitative estimate of drug-likeness (QED) is 0.574. The number of nitrogens with one attached hydrogen (secondary N) is 2. The fourth-order valence-corrected chi connectivity index (χ4v) is 4.45. The summed E-state index contributed by atoms with van der Waals surface area (Å²) in [5, 5.41) is 3.99. The highest BCUT2D eigenvalue weighted by molar-refractivity contribution is 7.92. The van der Waals surface area contributed by atoms with Crippen LogP contribution in [0.1, 0.15) is 23.7 Å². The van der Waals surface area contributed by atoms with Crippen LogP contribution in [0.15, 0.2) is 29.9 Å². The fourth-order valence-electron chi connectivity index (χ4n) is 2.41. The molecule has 0 aliphatic carbocycles. The molecule has 0 unspecified atom stereocenters. The zero-order chi connectivity index (χ0) is 19.6. The minimum absolute atomic E-state index is 0.134. The summed E-state index contributed by atoms with van der Waals surface area (Å²) in [5.74, 6) is -1.35. The van der Waals surface area contributed by atoms with Gasteiger partial charge in [0.15, 0.2) is 5.82 Å². The maximum absolute atomic E-state index is 14.6. The van der Waals surface area contributed by atoms with Gasteiger partial charge >= 0.3 is 0 Å². The van der Waals surface area contributed by atoms with Crippen molar-refractivity contribution in [2.45, 2.75) is 13.3 Å². The Hall–Kier alpha value is -2.79. The highest BCUT2D eigenvalue weighted by atomic mass is 32.2. The summed E-state index contributed by atoms with van der Waals surface area (Å²) in [7, 11) is -3.66. The summed E-state index contributed by atoms with van der Waals surface area (Å²) in [6.07, 6.45) is 1.63. The number of aromatic nitrogens is 2. The minimum atomic E-state index is -3.66.